The minimum Gasteiger partial charge on any atom is -0.756 e. The van der Waals surface area contributed by atoms with E-state index in [-0.39, 0.29) is 19.1 Å². The topological polar surface area (TPSA) is 108 Å². The lowest BCUT2D eigenvalue weighted by molar-refractivity contribution is -0.870. The van der Waals surface area contributed by atoms with Crippen LogP contribution in [-0.4, -0.2) is 68.5 Å². The average molecular weight is 1050 g/mol. The molecule has 0 aliphatic rings. The van der Waals surface area contributed by atoms with E-state index >= 15 is 0 Å². The monoisotopic (exact) mass is 1040 g/mol. The summed E-state index contributed by atoms with van der Waals surface area (Å²) in [5.74, 6) is -0.214. The Morgan fingerprint density at radius 3 is 1.18 bits per heavy atom. The molecule has 3 unspecified atom stereocenters. The molecule has 0 rings (SSSR count). The second kappa shape index (κ2) is 54.2. The van der Waals surface area contributed by atoms with E-state index < -0.39 is 20.0 Å². The zero-order chi connectivity index (χ0) is 54.2. The van der Waals surface area contributed by atoms with E-state index in [4.69, 9.17) is 9.05 Å². The van der Waals surface area contributed by atoms with Crippen LogP contribution in [0.15, 0.2) is 146 Å². The fraction of sp³-hybridized carbons (Fsp3) is 0.615. The number of allylic oxidation sites excluding steroid dienone is 24. The first-order chi connectivity index (χ1) is 36.0. The van der Waals surface area contributed by atoms with Gasteiger partial charge in [-0.25, -0.2) is 0 Å². The predicted octanol–water partition coefficient (Wildman–Crippen LogP) is 17.5. The Hall–Kier alpha value is -3.62. The quantitative estimate of drug-likeness (QED) is 0.0272. The summed E-state index contributed by atoms with van der Waals surface area (Å²) in [6.45, 7) is 4.55. The van der Waals surface area contributed by atoms with Gasteiger partial charge in [0.15, 0.2) is 0 Å². The van der Waals surface area contributed by atoms with Crippen molar-refractivity contribution in [3.8, 4) is 0 Å². The van der Waals surface area contributed by atoms with E-state index in [1.54, 1.807) is 0 Å². The second-order valence-electron chi connectivity index (χ2n) is 20.3. The van der Waals surface area contributed by atoms with E-state index in [2.05, 4.69) is 165 Å². The van der Waals surface area contributed by atoms with Crippen molar-refractivity contribution >= 4 is 13.7 Å². The molecule has 74 heavy (non-hydrogen) atoms. The van der Waals surface area contributed by atoms with Crippen LogP contribution in [0.3, 0.4) is 0 Å². The summed E-state index contributed by atoms with van der Waals surface area (Å²) in [6, 6.07) is -0.834. The number of unbranched alkanes of at least 4 members (excludes halogenated alkanes) is 14. The molecular weight excluding hydrogens is 936 g/mol. The van der Waals surface area contributed by atoms with Gasteiger partial charge in [-0.2, -0.15) is 0 Å². The Labute approximate surface area is 455 Å². The summed E-state index contributed by atoms with van der Waals surface area (Å²) >= 11 is 0. The molecule has 0 bridgehead atoms. The average Bonchev–Trinajstić information content (AvgIpc) is 3.36. The molecule has 3 atom stereocenters. The molecule has 0 aromatic carbocycles. The van der Waals surface area contributed by atoms with Gasteiger partial charge in [-0.15, -0.1) is 0 Å². The first-order valence-corrected chi connectivity index (χ1v) is 30.6. The van der Waals surface area contributed by atoms with Crippen LogP contribution in [-0.2, 0) is 18.4 Å². The van der Waals surface area contributed by atoms with Crippen LogP contribution in [0.2, 0.25) is 0 Å². The normalized spacial score (nSPS) is 15.0. The molecule has 0 aliphatic heterocycles. The maximum Gasteiger partial charge on any atom is 0.268 e. The molecule has 0 aromatic heterocycles. The number of quaternary nitrogens is 1. The number of aliphatic hydroxyl groups is 1. The number of hydrogen-bond donors (Lipinski definition) is 2. The van der Waals surface area contributed by atoms with Crippen molar-refractivity contribution in [3.63, 3.8) is 0 Å². The van der Waals surface area contributed by atoms with E-state index in [0.29, 0.717) is 30.3 Å². The van der Waals surface area contributed by atoms with Crippen LogP contribution in [0, 0.1) is 0 Å². The maximum atomic E-state index is 12.9. The third-order valence-electron chi connectivity index (χ3n) is 12.1. The number of phosphoric acid groups is 1. The molecule has 420 valence electrons. The van der Waals surface area contributed by atoms with Gasteiger partial charge in [0, 0.05) is 6.42 Å². The summed E-state index contributed by atoms with van der Waals surface area (Å²) in [4.78, 5) is 25.5. The van der Waals surface area contributed by atoms with Crippen molar-refractivity contribution in [1.29, 1.82) is 0 Å². The number of likely N-dealkylation sites (N-methyl/N-ethyl adjacent to an activating group) is 1. The molecule has 0 heterocycles. The highest BCUT2D eigenvalue weighted by Gasteiger charge is 2.24. The van der Waals surface area contributed by atoms with Crippen molar-refractivity contribution in [2.24, 2.45) is 0 Å². The van der Waals surface area contributed by atoms with Gasteiger partial charge in [-0.05, 0) is 103 Å². The molecule has 0 radical (unpaired) electrons. The molecule has 0 fully saturated rings. The van der Waals surface area contributed by atoms with Crippen molar-refractivity contribution in [2.75, 3.05) is 40.9 Å². The number of rotatable bonds is 51. The van der Waals surface area contributed by atoms with Crippen molar-refractivity contribution in [1.82, 2.24) is 5.32 Å². The van der Waals surface area contributed by atoms with E-state index in [0.717, 1.165) is 109 Å². The number of aliphatic hydroxyl groups excluding tert-OH is 1. The van der Waals surface area contributed by atoms with Crippen LogP contribution >= 0.6 is 7.82 Å². The number of carbonyl (C=O) groups excluding carboxylic acids is 1. The Kier molecular flexibility index (Phi) is 51.5. The number of nitrogens with zero attached hydrogens (tertiary/aromatic N) is 1. The van der Waals surface area contributed by atoms with E-state index in [1.165, 1.54) is 64.2 Å². The van der Waals surface area contributed by atoms with Crippen LogP contribution < -0.4 is 10.2 Å². The van der Waals surface area contributed by atoms with Gasteiger partial charge >= 0.3 is 0 Å². The number of phosphoric ester groups is 1. The Bertz CT molecular complexity index is 1710. The third kappa shape index (κ3) is 56.1. The Balaban J connectivity index is 4.22. The summed E-state index contributed by atoms with van der Waals surface area (Å²) in [7, 11) is 1.25. The zero-order valence-corrected chi connectivity index (χ0v) is 48.6. The molecule has 2 N–H and O–H groups in total. The highest BCUT2D eigenvalue weighted by molar-refractivity contribution is 7.45. The lowest BCUT2D eigenvalue weighted by atomic mass is 10.0. The number of hydrogen-bond acceptors (Lipinski definition) is 6. The molecular formula is C65H109N2O6P. The molecule has 9 heteroatoms. The fourth-order valence-electron chi connectivity index (χ4n) is 7.55. The highest BCUT2D eigenvalue weighted by atomic mass is 31.2. The van der Waals surface area contributed by atoms with Crippen LogP contribution in [0.25, 0.3) is 0 Å². The fourth-order valence-corrected chi connectivity index (χ4v) is 8.27. The maximum absolute atomic E-state index is 12.9. The molecule has 8 nitrogen and oxygen atoms in total. The summed E-state index contributed by atoms with van der Waals surface area (Å²) < 4.78 is 23.3. The smallest absolute Gasteiger partial charge is 0.268 e. The molecule has 0 aromatic rings. The van der Waals surface area contributed by atoms with Gasteiger partial charge in [-0.3, -0.25) is 9.36 Å². The Morgan fingerprint density at radius 2 is 0.824 bits per heavy atom. The summed E-state index contributed by atoms with van der Waals surface area (Å²) in [5, 5.41) is 13.9. The summed E-state index contributed by atoms with van der Waals surface area (Å²) in [6.07, 6.45) is 83.2. The first kappa shape index (κ1) is 70.4. The minimum absolute atomic E-state index is 0.00427. The molecule has 1 amide bonds. The van der Waals surface area contributed by atoms with Gasteiger partial charge in [0.05, 0.1) is 39.9 Å². The van der Waals surface area contributed by atoms with Crippen LogP contribution in [0.1, 0.15) is 206 Å². The lowest BCUT2D eigenvalue weighted by Gasteiger charge is -2.30. The van der Waals surface area contributed by atoms with Gasteiger partial charge < -0.3 is 28.8 Å². The molecule has 0 saturated carbocycles. The second-order valence-corrected chi connectivity index (χ2v) is 21.7. The molecule has 0 spiro atoms. The highest BCUT2D eigenvalue weighted by Crippen LogP contribution is 2.38. The van der Waals surface area contributed by atoms with Gasteiger partial charge in [0.25, 0.3) is 7.82 Å². The molecule has 0 aliphatic carbocycles. The van der Waals surface area contributed by atoms with Crippen LogP contribution in [0.5, 0.6) is 0 Å². The largest absolute Gasteiger partial charge is 0.756 e. The van der Waals surface area contributed by atoms with Crippen molar-refractivity contribution in [3.05, 3.63) is 146 Å². The van der Waals surface area contributed by atoms with Gasteiger partial charge in [-0.1, -0.05) is 243 Å². The SMILES string of the molecule is CC/C=C\C/C=C\C/C=C\C/C=C\C/C=C\C/C=C\C/C=C\C/C=C\C/C=C\C/C=C\C/C=C\C/C=C\CCCCC(=O)NC(COP(=O)([O-])OCC[N+](C)(C)C)C(O)CCCCCCCCCCCCCCC. The number of nitrogens with one attached hydrogen (secondary N) is 1. The van der Waals surface area contributed by atoms with Gasteiger partial charge in [0.1, 0.15) is 13.2 Å². The van der Waals surface area contributed by atoms with Crippen LogP contribution in [0.4, 0.5) is 0 Å². The predicted molar refractivity (Wildman–Crippen MR) is 320 cm³/mol. The van der Waals surface area contributed by atoms with Crippen molar-refractivity contribution in [2.45, 2.75) is 219 Å². The number of carbonyl (C=O) groups is 1. The number of amides is 1. The minimum atomic E-state index is -4.59. The standard InChI is InChI=1S/C65H109N2O6P/c1-6-8-10-12-14-16-18-20-21-22-23-24-25-26-27-28-29-30-31-32-33-34-35-36-37-38-39-40-41-42-43-44-45-47-49-51-53-55-57-59-65(69)66-63(62-73-74(70,71)72-61-60-67(3,4)5)64(68)58-56-54-52-50-48-46-19-17-15-13-11-9-7-2/h8,10,14,16,20-21,23-24,26-27,29-30,32-33,35-36,38-39,41-42,44-45,49,51,63-64,68H,6-7,9,11-13,15,17-19,22,25,28,31,34,37,40,43,46-48,50,52-62H2,1-5H3,(H-,66,69,70,71)/b10-8-,16-14-,21-20-,24-23-,27-26-,30-29-,33-32-,36-35-,39-38-,42-41-,45-44-,51-49-. The lowest BCUT2D eigenvalue weighted by Crippen LogP contribution is -2.46. The zero-order valence-electron chi connectivity index (χ0n) is 47.7. The van der Waals surface area contributed by atoms with E-state index in [9.17, 15) is 19.4 Å². The van der Waals surface area contributed by atoms with E-state index in [1.807, 2.05) is 21.1 Å². The summed E-state index contributed by atoms with van der Waals surface area (Å²) in [5.41, 5.74) is 0. The van der Waals surface area contributed by atoms with Crippen molar-refractivity contribution < 1.29 is 32.9 Å². The molecule has 0 saturated heterocycles. The third-order valence-corrected chi connectivity index (χ3v) is 13.1. The van der Waals surface area contributed by atoms with Gasteiger partial charge in [0.2, 0.25) is 5.91 Å². The Morgan fingerprint density at radius 1 is 0.486 bits per heavy atom. The first-order valence-electron chi connectivity index (χ1n) is 29.2.